The highest BCUT2D eigenvalue weighted by molar-refractivity contribution is 5.80. The number of nitrogens with zero attached hydrogens (tertiary/aromatic N) is 4. The van der Waals surface area contributed by atoms with Crippen LogP contribution < -0.4 is 15.5 Å². The van der Waals surface area contributed by atoms with Gasteiger partial charge in [0.1, 0.15) is 5.82 Å². The molecule has 0 bridgehead atoms. The zero-order valence-corrected chi connectivity index (χ0v) is 17.2. The first kappa shape index (κ1) is 19.9. The van der Waals surface area contributed by atoms with E-state index in [1.165, 1.54) is 25.8 Å². The molecule has 1 aromatic rings. The Kier molecular flexibility index (Phi) is 7.33. The third-order valence-electron chi connectivity index (χ3n) is 5.92. The number of aryl methyl sites for hydroxylation is 1. The van der Waals surface area contributed by atoms with Gasteiger partial charge in [-0.2, -0.15) is 0 Å². The van der Waals surface area contributed by atoms with E-state index >= 15 is 0 Å². The summed E-state index contributed by atoms with van der Waals surface area (Å²) < 4.78 is 0. The Labute approximate surface area is 164 Å². The molecule has 2 aliphatic heterocycles. The maximum atomic E-state index is 4.66. The molecule has 27 heavy (non-hydrogen) atoms. The van der Waals surface area contributed by atoms with Gasteiger partial charge in [0.2, 0.25) is 0 Å². The minimum absolute atomic E-state index is 0.478. The van der Waals surface area contributed by atoms with Crippen LogP contribution in [-0.2, 0) is 0 Å². The minimum Gasteiger partial charge on any atom is -0.356 e. The summed E-state index contributed by atoms with van der Waals surface area (Å²) in [7, 11) is 1.87. The van der Waals surface area contributed by atoms with Gasteiger partial charge in [0, 0.05) is 44.5 Å². The number of likely N-dealkylation sites (tertiary alicyclic amines) is 1. The van der Waals surface area contributed by atoms with Crippen LogP contribution in [0.3, 0.4) is 0 Å². The topological polar surface area (TPSA) is 55.8 Å². The molecule has 6 nitrogen and oxygen atoms in total. The van der Waals surface area contributed by atoms with Gasteiger partial charge in [-0.15, -0.1) is 0 Å². The molecular formula is C21H36N6. The first-order valence-corrected chi connectivity index (χ1v) is 10.6. The molecule has 1 unspecified atom stereocenters. The largest absolute Gasteiger partial charge is 0.356 e. The molecule has 150 valence electrons. The molecule has 2 aliphatic rings. The number of likely N-dealkylation sites (N-methyl/N-ethyl adjacent to an activating group) is 1. The lowest BCUT2D eigenvalue weighted by Gasteiger charge is -2.36. The van der Waals surface area contributed by atoms with Crippen LogP contribution in [-0.4, -0.2) is 67.7 Å². The number of rotatable bonds is 5. The summed E-state index contributed by atoms with van der Waals surface area (Å²) in [6.45, 7) is 9.76. The molecular weight excluding hydrogens is 336 g/mol. The Hall–Kier alpha value is -1.82. The predicted octanol–water partition coefficient (Wildman–Crippen LogP) is 2.40. The Balaban J connectivity index is 1.44. The normalized spacial score (nSPS) is 22.7. The molecule has 0 aromatic carbocycles. The fraction of sp³-hybridized carbons (Fsp3) is 0.714. The van der Waals surface area contributed by atoms with Gasteiger partial charge < -0.3 is 15.5 Å². The number of piperidine rings is 2. The van der Waals surface area contributed by atoms with Crippen molar-refractivity contribution in [2.24, 2.45) is 4.99 Å². The van der Waals surface area contributed by atoms with E-state index in [0.717, 1.165) is 56.5 Å². The van der Waals surface area contributed by atoms with Crippen molar-refractivity contribution in [1.29, 1.82) is 0 Å². The third-order valence-corrected chi connectivity index (χ3v) is 5.92. The van der Waals surface area contributed by atoms with E-state index in [2.05, 4.69) is 62.5 Å². The molecule has 0 aliphatic carbocycles. The Morgan fingerprint density at radius 2 is 2.00 bits per heavy atom. The van der Waals surface area contributed by atoms with Crippen LogP contribution in [0.1, 0.15) is 44.7 Å². The number of nitrogens with one attached hydrogen (secondary N) is 2. The van der Waals surface area contributed by atoms with E-state index < -0.39 is 0 Å². The molecule has 0 amide bonds. The summed E-state index contributed by atoms with van der Waals surface area (Å²) in [6, 6.07) is 7.38. The number of hydrogen-bond acceptors (Lipinski definition) is 4. The van der Waals surface area contributed by atoms with Gasteiger partial charge in [0.25, 0.3) is 0 Å². The summed E-state index contributed by atoms with van der Waals surface area (Å²) >= 11 is 0. The molecule has 2 N–H and O–H groups in total. The van der Waals surface area contributed by atoms with Crippen molar-refractivity contribution in [3.63, 3.8) is 0 Å². The van der Waals surface area contributed by atoms with Crippen LogP contribution in [0.4, 0.5) is 5.82 Å². The zero-order valence-electron chi connectivity index (χ0n) is 17.2. The minimum atomic E-state index is 0.478. The second-order valence-corrected chi connectivity index (χ2v) is 7.77. The number of aliphatic imine (C=N–C) groups is 1. The summed E-state index contributed by atoms with van der Waals surface area (Å²) in [5.74, 6) is 2.05. The van der Waals surface area contributed by atoms with E-state index in [1.807, 2.05) is 7.05 Å². The van der Waals surface area contributed by atoms with Gasteiger partial charge in [-0.25, -0.2) is 4.98 Å². The smallest absolute Gasteiger partial charge is 0.191 e. The van der Waals surface area contributed by atoms with Crippen molar-refractivity contribution < 1.29 is 0 Å². The van der Waals surface area contributed by atoms with Gasteiger partial charge in [0.05, 0.1) is 0 Å². The Morgan fingerprint density at radius 3 is 2.70 bits per heavy atom. The van der Waals surface area contributed by atoms with Crippen molar-refractivity contribution in [2.75, 3.05) is 44.7 Å². The molecule has 0 radical (unpaired) electrons. The quantitative estimate of drug-likeness (QED) is 0.614. The second kappa shape index (κ2) is 9.93. The number of guanidine groups is 1. The molecule has 0 spiro atoms. The standard InChI is InChI=1S/C21H36N6/c1-4-26-13-6-5-9-19(26)16-23-21(22-3)25-18-11-14-27(15-12-18)20-10-7-8-17(2)24-20/h7-8,10,18-19H,4-6,9,11-16H2,1-3H3,(H2,22,23,25). The van der Waals surface area contributed by atoms with E-state index in [4.69, 9.17) is 0 Å². The van der Waals surface area contributed by atoms with Crippen LogP contribution in [0, 0.1) is 6.92 Å². The number of aromatic nitrogens is 1. The highest BCUT2D eigenvalue weighted by Crippen LogP contribution is 2.18. The van der Waals surface area contributed by atoms with Gasteiger partial charge >= 0.3 is 0 Å². The van der Waals surface area contributed by atoms with Gasteiger partial charge in [-0.1, -0.05) is 19.4 Å². The SMILES string of the molecule is CCN1CCCCC1CNC(=NC)NC1CCN(c2cccc(C)n2)CC1. The molecule has 1 atom stereocenters. The van der Waals surface area contributed by atoms with E-state index in [1.54, 1.807) is 0 Å². The molecule has 2 fully saturated rings. The van der Waals surface area contributed by atoms with Gasteiger partial charge in [-0.3, -0.25) is 9.89 Å². The average Bonchev–Trinajstić information content (AvgIpc) is 2.71. The highest BCUT2D eigenvalue weighted by atomic mass is 15.2. The van der Waals surface area contributed by atoms with E-state index in [9.17, 15) is 0 Å². The Bertz CT molecular complexity index is 608. The fourth-order valence-corrected chi connectivity index (χ4v) is 4.27. The third kappa shape index (κ3) is 5.58. The lowest BCUT2D eigenvalue weighted by Crippen LogP contribution is -2.52. The maximum Gasteiger partial charge on any atom is 0.191 e. The van der Waals surface area contributed by atoms with Gasteiger partial charge in [0.15, 0.2) is 5.96 Å². The van der Waals surface area contributed by atoms with Gasteiger partial charge in [-0.05, 0) is 57.8 Å². The molecule has 2 saturated heterocycles. The molecule has 3 heterocycles. The van der Waals surface area contributed by atoms with Crippen molar-refractivity contribution in [1.82, 2.24) is 20.5 Å². The lowest BCUT2D eigenvalue weighted by atomic mass is 10.0. The van der Waals surface area contributed by atoms with Crippen molar-refractivity contribution >= 4 is 11.8 Å². The van der Waals surface area contributed by atoms with Crippen molar-refractivity contribution in [3.05, 3.63) is 23.9 Å². The van der Waals surface area contributed by atoms with Crippen molar-refractivity contribution in [2.45, 2.75) is 58.0 Å². The summed E-state index contributed by atoms with van der Waals surface area (Å²) in [5.41, 5.74) is 1.08. The highest BCUT2D eigenvalue weighted by Gasteiger charge is 2.23. The predicted molar refractivity (Wildman–Crippen MR) is 114 cm³/mol. The summed E-state index contributed by atoms with van der Waals surface area (Å²) in [6.07, 6.45) is 6.20. The van der Waals surface area contributed by atoms with E-state index in [-0.39, 0.29) is 0 Å². The van der Waals surface area contributed by atoms with Crippen LogP contribution in [0.5, 0.6) is 0 Å². The van der Waals surface area contributed by atoms with Crippen LogP contribution in [0.15, 0.2) is 23.2 Å². The zero-order chi connectivity index (χ0) is 19.1. The number of pyridine rings is 1. The average molecular weight is 373 g/mol. The number of anilines is 1. The second-order valence-electron chi connectivity index (χ2n) is 7.77. The molecule has 6 heteroatoms. The van der Waals surface area contributed by atoms with Crippen LogP contribution >= 0.6 is 0 Å². The first-order chi connectivity index (χ1) is 13.2. The Morgan fingerprint density at radius 1 is 1.19 bits per heavy atom. The molecule has 0 saturated carbocycles. The van der Waals surface area contributed by atoms with Crippen LogP contribution in [0.2, 0.25) is 0 Å². The van der Waals surface area contributed by atoms with Crippen LogP contribution in [0.25, 0.3) is 0 Å². The fourth-order valence-electron chi connectivity index (χ4n) is 4.27. The summed E-state index contributed by atoms with van der Waals surface area (Å²) in [5, 5.41) is 7.21. The maximum absolute atomic E-state index is 4.66. The summed E-state index contributed by atoms with van der Waals surface area (Å²) in [4.78, 5) is 14.1. The first-order valence-electron chi connectivity index (χ1n) is 10.6. The lowest BCUT2D eigenvalue weighted by molar-refractivity contribution is 0.157. The molecule has 3 rings (SSSR count). The van der Waals surface area contributed by atoms with Crippen molar-refractivity contribution in [3.8, 4) is 0 Å². The van der Waals surface area contributed by atoms with E-state index in [0.29, 0.717) is 12.1 Å². The number of hydrogen-bond donors (Lipinski definition) is 2. The monoisotopic (exact) mass is 372 g/mol. The molecule has 1 aromatic heterocycles.